The fraction of sp³-hybridized carbons (Fsp3) is 0.526. The van der Waals surface area contributed by atoms with Gasteiger partial charge in [-0.1, -0.05) is 11.8 Å². The Morgan fingerprint density at radius 2 is 2.07 bits per heavy atom. The first-order valence-corrected chi connectivity index (χ1v) is 12.2. The van der Waals surface area contributed by atoms with E-state index in [2.05, 4.69) is 20.5 Å². The van der Waals surface area contributed by atoms with E-state index in [1.807, 2.05) is 13.8 Å². The smallest absolute Gasteiger partial charge is 0.243 e. The molecule has 0 radical (unpaired) electrons. The Bertz CT molecular complexity index is 985. The molecule has 3 rings (SSSR count). The molecule has 0 bridgehead atoms. The number of aromatic nitrogens is 3. The maximum Gasteiger partial charge on any atom is 0.243 e. The zero-order chi connectivity index (χ0) is 21.7. The molecule has 1 aromatic carbocycles. The van der Waals surface area contributed by atoms with E-state index >= 15 is 0 Å². The molecule has 30 heavy (non-hydrogen) atoms. The molecule has 2 N–H and O–H groups in total. The molecule has 1 saturated heterocycles. The Morgan fingerprint density at radius 3 is 2.67 bits per heavy atom. The van der Waals surface area contributed by atoms with Crippen molar-refractivity contribution in [2.24, 2.45) is 5.92 Å². The number of thioether (sulfide) groups is 1. The number of nitrogens with one attached hydrogen (secondary N) is 2. The Balaban J connectivity index is 1.47. The molecule has 2 heterocycles. The summed E-state index contributed by atoms with van der Waals surface area (Å²) in [6.45, 7) is 4.82. The third-order valence-corrected chi connectivity index (χ3v) is 7.78. The number of sulfonamides is 1. The number of hydrogen-bond acceptors (Lipinski definition) is 7. The average molecular weight is 454 g/mol. The first kappa shape index (κ1) is 22.6. The van der Waals surface area contributed by atoms with Gasteiger partial charge in [0.15, 0.2) is 0 Å². The minimum absolute atomic E-state index is 0.0286. The minimum Gasteiger partial charge on any atom is -0.496 e. The van der Waals surface area contributed by atoms with Crippen molar-refractivity contribution < 1.29 is 17.9 Å². The average Bonchev–Trinajstić information content (AvgIpc) is 3.16. The predicted octanol–water partition coefficient (Wildman–Crippen LogP) is 1.74. The zero-order valence-corrected chi connectivity index (χ0v) is 19.0. The van der Waals surface area contributed by atoms with Gasteiger partial charge >= 0.3 is 0 Å². The Labute approximate surface area is 181 Å². The highest BCUT2D eigenvalue weighted by molar-refractivity contribution is 7.99. The Kier molecular flexibility index (Phi) is 7.37. The van der Waals surface area contributed by atoms with Crippen molar-refractivity contribution in [3.05, 3.63) is 29.6 Å². The van der Waals surface area contributed by atoms with Crippen LogP contribution in [0.3, 0.4) is 0 Å². The highest BCUT2D eigenvalue weighted by atomic mass is 32.2. The number of aromatic amines is 1. The molecule has 1 aliphatic rings. The van der Waals surface area contributed by atoms with Crippen LogP contribution in [0, 0.1) is 19.8 Å². The summed E-state index contributed by atoms with van der Waals surface area (Å²) < 4.78 is 32.5. The van der Waals surface area contributed by atoms with Crippen LogP contribution in [-0.4, -0.2) is 66.3 Å². The van der Waals surface area contributed by atoms with Crippen LogP contribution >= 0.6 is 11.8 Å². The van der Waals surface area contributed by atoms with Crippen LogP contribution in [0.15, 0.2) is 28.3 Å². The molecule has 1 aliphatic heterocycles. The molecule has 1 aromatic heterocycles. The number of amides is 1. The SMILES string of the molecule is COc1ccc(S(=O)(=O)N2CCC(C(=O)NCCSc3n[nH]c(C)n3)CC2)cc1C. The summed E-state index contributed by atoms with van der Waals surface area (Å²) in [5, 5.41) is 10.4. The standard InChI is InChI=1S/C19H27N5O4S2/c1-13-12-16(4-5-17(13)28-3)30(26,27)24-9-6-15(7-10-24)18(25)20-8-11-29-19-21-14(2)22-23-19/h4-5,12,15H,6-11H2,1-3H3,(H,20,25)(H,21,22,23). The first-order valence-electron chi connectivity index (χ1n) is 9.75. The first-order chi connectivity index (χ1) is 14.3. The monoisotopic (exact) mass is 453 g/mol. The molecule has 0 atom stereocenters. The number of ether oxygens (including phenoxy) is 1. The summed E-state index contributed by atoms with van der Waals surface area (Å²) in [6.07, 6.45) is 1.01. The van der Waals surface area contributed by atoms with E-state index in [9.17, 15) is 13.2 Å². The van der Waals surface area contributed by atoms with Crippen LogP contribution in [0.1, 0.15) is 24.2 Å². The highest BCUT2D eigenvalue weighted by Gasteiger charge is 2.32. The van der Waals surface area contributed by atoms with E-state index in [-0.39, 0.29) is 16.7 Å². The molecule has 11 heteroatoms. The van der Waals surface area contributed by atoms with Gasteiger partial charge in [-0.25, -0.2) is 13.4 Å². The van der Waals surface area contributed by atoms with Crippen LogP contribution in [0.2, 0.25) is 0 Å². The fourth-order valence-corrected chi connectivity index (χ4v) is 5.62. The minimum atomic E-state index is -3.58. The van der Waals surface area contributed by atoms with Crippen molar-refractivity contribution >= 4 is 27.7 Å². The number of carbonyl (C=O) groups excluding carboxylic acids is 1. The Morgan fingerprint density at radius 1 is 1.33 bits per heavy atom. The van der Waals surface area contributed by atoms with E-state index < -0.39 is 10.0 Å². The number of aryl methyl sites for hydroxylation is 2. The Hall–Kier alpha value is -2.11. The van der Waals surface area contributed by atoms with Crippen molar-refractivity contribution in [2.45, 2.75) is 36.7 Å². The van der Waals surface area contributed by atoms with Gasteiger partial charge in [0.1, 0.15) is 11.6 Å². The molecule has 0 spiro atoms. The maximum absolute atomic E-state index is 12.9. The lowest BCUT2D eigenvalue weighted by molar-refractivity contribution is -0.125. The number of rotatable bonds is 8. The van der Waals surface area contributed by atoms with Crippen molar-refractivity contribution in [1.29, 1.82) is 0 Å². The molecule has 1 fully saturated rings. The molecule has 0 saturated carbocycles. The largest absolute Gasteiger partial charge is 0.496 e. The maximum atomic E-state index is 12.9. The molecule has 9 nitrogen and oxygen atoms in total. The lowest BCUT2D eigenvalue weighted by Gasteiger charge is -2.30. The van der Waals surface area contributed by atoms with Crippen LogP contribution in [0.4, 0.5) is 0 Å². The number of piperidine rings is 1. The summed E-state index contributed by atoms with van der Waals surface area (Å²) in [7, 11) is -2.03. The van der Waals surface area contributed by atoms with E-state index in [0.717, 1.165) is 11.4 Å². The van der Waals surface area contributed by atoms with Gasteiger partial charge in [0.25, 0.3) is 0 Å². The van der Waals surface area contributed by atoms with Crippen molar-refractivity contribution in [2.75, 3.05) is 32.5 Å². The van der Waals surface area contributed by atoms with Gasteiger partial charge in [-0.05, 0) is 50.5 Å². The second kappa shape index (κ2) is 9.80. The molecule has 164 valence electrons. The number of carbonyl (C=O) groups is 1. The third-order valence-electron chi connectivity index (χ3n) is 5.04. The normalized spacial score (nSPS) is 15.8. The van der Waals surface area contributed by atoms with E-state index in [0.29, 0.717) is 49.1 Å². The lowest BCUT2D eigenvalue weighted by Crippen LogP contribution is -2.43. The van der Waals surface area contributed by atoms with E-state index in [4.69, 9.17) is 4.74 Å². The quantitative estimate of drug-likeness (QED) is 0.462. The lowest BCUT2D eigenvalue weighted by atomic mass is 9.97. The summed E-state index contributed by atoms with van der Waals surface area (Å²) in [4.78, 5) is 16.9. The van der Waals surface area contributed by atoms with Gasteiger partial charge in [0.2, 0.25) is 21.1 Å². The van der Waals surface area contributed by atoms with Crippen molar-refractivity contribution in [3.8, 4) is 5.75 Å². The summed E-state index contributed by atoms with van der Waals surface area (Å²) in [5.74, 6) is 1.88. The number of hydrogen-bond donors (Lipinski definition) is 2. The molecular weight excluding hydrogens is 426 g/mol. The second-order valence-electron chi connectivity index (χ2n) is 7.15. The summed E-state index contributed by atoms with van der Waals surface area (Å²) >= 11 is 1.47. The van der Waals surface area contributed by atoms with Gasteiger partial charge in [0.05, 0.1) is 12.0 Å². The predicted molar refractivity (Wildman–Crippen MR) is 114 cm³/mol. The van der Waals surface area contributed by atoms with Crippen LogP contribution in [0.25, 0.3) is 0 Å². The summed E-state index contributed by atoms with van der Waals surface area (Å²) in [5.41, 5.74) is 0.769. The molecule has 1 amide bonds. The van der Waals surface area contributed by atoms with Gasteiger partial charge < -0.3 is 10.1 Å². The van der Waals surface area contributed by atoms with Gasteiger partial charge in [0, 0.05) is 31.3 Å². The molecule has 0 unspecified atom stereocenters. The van der Waals surface area contributed by atoms with Crippen molar-refractivity contribution in [3.63, 3.8) is 0 Å². The summed E-state index contributed by atoms with van der Waals surface area (Å²) in [6, 6.07) is 4.86. The highest BCUT2D eigenvalue weighted by Crippen LogP contribution is 2.27. The van der Waals surface area contributed by atoms with Crippen LogP contribution in [-0.2, 0) is 14.8 Å². The van der Waals surface area contributed by atoms with Crippen molar-refractivity contribution in [1.82, 2.24) is 24.8 Å². The number of methoxy groups -OCH3 is 1. The topological polar surface area (TPSA) is 117 Å². The van der Waals surface area contributed by atoms with Crippen LogP contribution < -0.4 is 10.1 Å². The fourth-order valence-electron chi connectivity index (χ4n) is 3.37. The van der Waals surface area contributed by atoms with Gasteiger partial charge in [-0.15, -0.1) is 5.10 Å². The number of H-pyrrole nitrogens is 1. The molecule has 0 aliphatic carbocycles. The zero-order valence-electron chi connectivity index (χ0n) is 17.3. The molecular formula is C19H27N5O4S2. The van der Waals surface area contributed by atoms with Gasteiger partial charge in [-0.2, -0.15) is 4.31 Å². The number of nitrogens with zero attached hydrogens (tertiary/aromatic N) is 3. The molecule has 2 aromatic rings. The van der Waals surface area contributed by atoms with E-state index in [1.54, 1.807) is 25.3 Å². The number of benzene rings is 1. The third kappa shape index (κ3) is 5.32. The van der Waals surface area contributed by atoms with Gasteiger partial charge in [-0.3, -0.25) is 9.89 Å². The van der Waals surface area contributed by atoms with Crippen LogP contribution in [0.5, 0.6) is 5.75 Å². The second-order valence-corrected chi connectivity index (χ2v) is 10.2. The van der Waals surface area contributed by atoms with E-state index in [1.165, 1.54) is 16.1 Å².